The number of hydrogen-bond donors (Lipinski definition) is 1. The predicted octanol–water partition coefficient (Wildman–Crippen LogP) is 2.24. The Morgan fingerprint density at radius 3 is 2.59 bits per heavy atom. The first-order valence-electron chi connectivity index (χ1n) is 6.99. The summed E-state index contributed by atoms with van der Waals surface area (Å²) in [7, 11) is -3.52. The average Bonchev–Trinajstić information content (AvgIpc) is 2.53. The smallest absolute Gasteiger partial charge is 0.240 e. The number of nitrogens with one attached hydrogen (secondary N) is 1. The van der Waals surface area contributed by atoms with Gasteiger partial charge in [-0.25, -0.2) is 13.1 Å². The van der Waals surface area contributed by atoms with Crippen molar-refractivity contribution in [2.24, 2.45) is 0 Å². The summed E-state index contributed by atoms with van der Waals surface area (Å²) in [6.07, 6.45) is 0. The molecule has 1 aliphatic heterocycles. The average molecular weight is 319 g/mol. The lowest BCUT2D eigenvalue weighted by Gasteiger charge is -2.19. The van der Waals surface area contributed by atoms with E-state index >= 15 is 0 Å². The zero-order valence-corrected chi connectivity index (χ0v) is 13.0. The fourth-order valence-electron chi connectivity index (χ4n) is 2.24. The molecule has 3 rings (SSSR count). The first-order valence-corrected chi connectivity index (χ1v) is 8.48. The van der Waals surface area contributed by atoms with Gasteiger partial charge in [-0.3, -0.25) is 0 Å². The zero-order chi connectivity index (χ0) is 15.6. The molecule has 0 atom stereocenters. The molecule has 0 aromatic heterocycles. The second-order valence-electron chi connectivity index (χ2n) is 5.12. The molecule has 2 aromatic rings. The van der Waals surface area contributed by atoms with Gasteiger partial charge < -0.3 is 9.47 Å². The Morgan fingerprint density at radius 2 is 1.82 bits per heavy atom. The van der Waals surface area contributed by atoms with Crippen LogP contribution in [0.5, 0.6) is 11.5 Å². The van der Waals surface area contributed by atoms with E-state index in [1.807, 2.05) is 19.1 Å². The highest BCUT2D eigenvalue weighted by molar-refractivity contribution is 7.89. The van der Waals surface area contributed by atoms with Crippen LogP contribution in [0.2, 0.25) is 0 Å². The van der Waals surface area contributed by atoms with E-state index in [0.717, 1.165) is 11.1 Å². The molecule has 6 heteroatoms. The lowest BCUT2D eigenvalue weighted by atomic mass is 10.2. The Hall–Kier alpha value is -2.05. The standard InChI is InChI=1S/C16H17NO4S/c1-12-3-2-4-14(9-12)22(18,19)17-11-13-5-6-15-16(10-13)21-8-7-20-15/h2-6,9-10,17H,7-8,11H2,1H3. The van der Waals surface area contributed by atoms with Crippen LogP contribution < -0.4 is 14.2 Å². The van der Waals surface area contributed by atoms with Crippen LogP contribution in [0.15, 0.2) is 47.4 Å². The summed E-state index contributed by atoms with van der Waals surface area (Å²) >= 11 is 0. The van der Waals surface area contributed by atoms with Crippen molar-refractivity contribution >= 4 is 10.0 Å². The molecular weight excluding hydrogens is 302 g/mol. The van der Waals surface area contributed by atoms with Gasteiger partial charge in [-0.1, -0.05) is 18.2 Å². The first-order chi connectivity index (χ1) is 10.5. The van der Waals surface area contributed by atoms with E-state index in [1.54, 1.807) is 30.3 Å². The number of benzene rings is 2. The van der Waals surface area contributed by atoms with Crippen molar-refractivity contribution < 1.29 is 17.9 Å². The molecule has 22 heavy (non-hydrogen) atoms. The molecule has 0 unspecified atom stereocenters. The summed E-state index contributed by atoms with van der Waals surface area (Å²) in [5.74, 6) is 1.34. The Bertz CT molecular complexity index is 786. The van der Waals surface area contributed by atoms with Crippen molar-refractivity contribution in [3.05, 3.63) is 53.6 Å². The molecule has 0 radical (unpaired) electrons. The molecule has 116 valence electrons. The van der Waals surface area contributed by atoms with Gasteiger partial charge in [-0.2, -0.15) is 0 Å². The van der Waals surface area contributed by atoms with Crippen LogP contribution >= 0.6 is 0 Å². The fourth-order valence-corrected chi connectivity index (χ4v) is 3.36. The third-order valence-corrected chi connectivity index (χ3v) is 4.77. The van der Waals surface area contributed by atoms with Crippen molar-refractivity contribution in [1.82, 2.24) is 4.72 Å². The van der Waals surface area contributed by atoms with Gasteiger partial charge in [-0.05, 0) is 42.3 Å². The third-order valence-electron chi connectivity index (χ3n) is 3.37. The highest BCUT2D eigenvalue weighted by Gasteiger charge is 2.15. The van der Waals surface area contributed by atoms with Gasteiger partial charge >= 0.3 is 0 Å². The van der Waals surface area contributed by atoms with E-state index in [1.165, 1.54) is 0 Å². The third kappa shape index (κ3) is 3.23. The van der Waals surface area contributed by atoms with Gasteiger partial charge in [0.1, 0.15) is 13.2 Å². The Labute approximate surface area is 129 Å². The van der Waals surface area contributed by atoms with E-state index < -0.39 is 10.0 Å². The molecule has 1 aliphatic rings. The van der Waals surface area contributed by atoms with E-state index in [9.17, 15) is 8.42 Å². The minimum absolute atomic E-state index is 0.201. The SMILES string of the molecule is Cc1cccc(S(=O)(=O)NCc2ccc3c(c2)OCCO3)c1. The second-order valence-corrected chi connectivity index (χ2v) is 6.89. The van der Waals surface area contributed by atoms with E-state index in [2.05, 4.69) is 4.72 Å². The van der Waals surface area contributed by atoms with E-state index in [0.29, 0.717) is 24.7 Å². The summed E-state index contributed by atoms with van der Waals surface area (Å²) in [5.41, 5.74) is 1.72. The van der Waals surface area contributed by atoms with Gasteiger partial charge in [0.05, 0.1) is 4.90 Å². The minimum atomic E-state index is -3.52. The van der Waals surface area contributed by atoms with Gasteiger partial charge in [0.25, 0.3) is 0 Å². The number of fused-ring (bicyclic) bond motifs is 1. The summed E-state index contributed by atoms with van der Waals surface area (Å²) < 4.78 is 38.1. The van der Waals surface area contributed by atoms with Crippen LogP contribution in [0.25, 0.3) is 0 Å². The summed E-state index contributed by atoms with van der Waals surface area (Å²) in [6.45, 7) is 3.10. The molecular formula is C16H17NO4S. The van der Waals surface area contributed by atoms with Crippen LogP contribution in [0.4, 0.5) is 0 Å². The number of aryl methyl sites for hydroxylation is 1. The van der Waals surface area contributed by atoms with E-state index in [-0.39, 0.29) is 11.4 Å². The quantitative estimate of drug-likeness (QED) is 0.939. The van der Waals surface area contributed by atoms with Crippen molar-refractivity contribution in [3.8, 4) is 11.5 Å². The van der Waals surface area contributed by atoms with Crippen LogP contribution in [0.3, 0.4) is 0 Å². The molecule has 0 spiro atoms. The van der Waals surface area contributed by atoms with Gasteiger partial charge in [-0.15, -0.1) is 0 Å². The van der Waals surface area contributed by atoms with Crippen molar-refractivity contribution in [2.75, 3.05) is 13.2 Å². The number of ether oxygens (including phenoxy) is 2. The topological polar surface area (TPSA) is 64.6 Å². The number of sulfonamides is 1. The highest BCUT2D eigenvalue weighted by atomic mass is 32.2. The molecule has 5 nitrogen and oxygen atoms in total. The van der Waals surface area contributed by atoms with Crippen LogP contribution in [0, 0.1) is 6.92 Å². The Morgan fingerprint density at radius 1 is 1.05 bits per heavy atom. The van der Waals surface area contributed by atoms with Crippen LogP contribution in [-0.4, -0.2) is 21.6 Å². The molecule has 0 amide bonds. The molecule has 0 bridgehead atoms. The van der Waals surface area contributed by atoms with Gasteiger partial charge in [0, 0.05) is 6.54 Å². The predicted molar refractivity (Wildman–Crippen MR) is 82.6 cm³/mol. The Kier molecular flexibility index (Phi) is 4.04. The molecule has 1 heterocycles. The second kappa shape index (κ2) is 5.98. The maximum Gasteiger partial charge on any atom is 0.240 e. The number of rotatable bonds is 4. The zero-order valence-electron chi connectivity index (χ0n) is 12.2. The van der Waals surface area contributed by atoms with Crippen molar-refractivity contribution in [3.63, 3.8) is 0 Å². The maximum atomic E-state index is 12.3. The lowest BCUT2D eigenvalue weighted by molar-refractivity contribution is 0.171. The molecule has 1 N–H and O–H groups in total. The van der Waals surface area contributed by atoms with Gasteiger partial charge in [0.2, 0.25) is 10.0 Å². The van der Waals surface area contributed by atoms with Crippen molar-refractivity contribution in [1.29, 1.82) is 0 Å². The molecule has 0 fully saturated rings. The summed E-state index contributed by atoms with van der Waals surface area (Å²) in [5, 5.41) is 0. The molecule has 2 aromatic carbocycles. The molecule has 0 aliphatic carbocycles. The lowest BCUT2D eigenvalue weighted by Crippen LogP contribution is -2.23. The normalized spacial score (nSPS) is 13.9. The molecule has 0 saturated carbocycles. The van der Waals surface area contributed by atoms with E-state index in [4.69, 9.17) is 9.47 Å². The van der Waals surface area contributed by atoms with Gasteiger partial charge in [0.15, 0.2) is 11.5 Å². The monoisotopic (exact) mass is 319 g/mol. The minimum Gasteiger partial charge on any atom is -0.486 e. The van der Waals surface area contributed by atoms with Crippen molar-refractivity contribution in [2.45, 2.75) is 18.4 Å². The number of hydrogen-bond acceptors (Lipinski definition) is 4. The Balaban J connectivity index is 1.74. The van der Waals surface area contributed by atoms with Crippen LogP contribution in [-0.2, 0) is 16.6 Å². The summed E-state index contributed by atoms with van der Waals surface area (Å²) in [4.78, 5) is 0.269. The highest BCUT2D eigenvalue weighted by Crippen LogP contribution is 2.30. The van der Waals surface area contributed by atoms with Crippen LogP contribution in [0.1, 0.15) is 11.1 Å². The fraction of sp³-hybridized carbons (Fsp3) is 0.250. The maximum absolute atomic E-state index is 12.3. The largest absolute Gasteiger partial charge is 0.486 e. The first kappa shape index (κ1) is 14.9. The summed E-state index contributed by atoms with van der Waals surface area (Å²) in [6, 6.07) is 12.2. The molecule has 0 saturated heterocycles.